The predicted molar refractivity (Wildman–Crippen MR) is 77.3 cm³/mol. The van der Waals surface area contributed by atoms with E-state index in [9.17, 15) is 4.79 Å². The van der Waals surface area contributed by atoms with Crippen molar-refractivity contribution in [2.24, 2.45) is 0 Å². The molecular formula is C13H19NO2S2. The molecule has 2 heterocycles. The summed E-state index contributed by atoms with van der Waals surface area (Å²) in [6, 6.07) is 2.00. The first-order chi connectivity index (χ1) is 8.84. The van der Waals surface area contributed by atoms with E-state index in [0.717, 1.165) is 43.9 Å². The van der Waals surface area contributed by atoms with E-state index in [4.69, 9.17) is 4.74 Å². The van der Waals surface area contributed by atoms with E-state index in [1.54, 1.807) is 11.3 Å². The van der Waals surface area contributed by atoms with Gasteiger partial charge in [-0.1, -0.05) is 0 Å². The Hall–Kier alpha value is -0.520. The molecule has 1 aromatic heterocycles. The highest BCUT2D eigenvalue weighted by atomic mass is 32.2. The molecule has 2 rings (SSSR count). The van der Waals surface area contributed by atoms with Crippen molar-refractivity contribution in [3.63, 3.8) is 0 Å². The molecule has 1 fully saturated rings. The number of amides is 1. The van der Waals surface area contributed by atoms with E-state index in [-0.39, 0.29) is 5.91 Å². The number of carbonyl (C=O) groups excluding carboxylic acids is 1. The summed E-state index contributed by atoms with van der Waals surface area (Å²) in [6.07, 6.45) is 2.80. The van der Waals surface area contributed by atoms with Gasteiger partial charge in [-0.25, -0.2) is 0 Å². The van der Waals surface area contributed by atoms with Crippen molar-refractivity contribution in [1.29, 1.82) is 0 Å². The monoisotopic (exact) mass is 285 g/mol. The number of nitrogens with one attached hydrogen (secondary N) is 1. The molecule has 0 bridgehead atoms. The summed E-state index contributed by atoms with van der Waals surface area (Å²) in [4.78, 5) is 11.6. The third kappa shape index (κ3) is 5.00. The highest BCUT2D eigenvalue weighted by Crippen LogP contribution is 2.21. The van der Waals surface area contributed by atoms with Crippen LogP contribution in [-0.4, -0.2) is 36.7 Å². The minimum Gasteiger partial charge on any atom is -0.381 e. The summed E-state index contributed by atoms with van der Waals surface area (Å²) in [5, 5.41) is 7.72. The smallest absolute Gasteiger partial charge is 0.224 e. The van der Waals surface area contributed by atoms with Crippen molar-refractivity contribution in [3.05, 3.63) is 22.4 Å². The highest BCUT2D eigenvalue weighted by molar-refractivity contribution is 7.99. The Morgan fingerprint density at radius 2 is 2.33 bits per heavy atom. The maximum absolute atomic E-state index is 11.6. The van der Waals surface area contributed by atoms with Crippen molar-refractivity contribution in [2.45, 2.75) is 24.5 Å². The Labute approximate surface area is 116 Å². The average Bonchev–Trinajstić information content (AvgIpc) is 2.89. The number of carbonyl (C=O) groups is 1. The molecule has 5 heteroatoms. The van der Waals surface area contributed by atoms with Crippen LogP contribution in [0.4, 0.5) is 0 Å². The van der Waals surface area contributed by atoms with Gasteiger partial charge in [0.2, 0.25) is 5.91 Å². The summed E-state index contributed by atoms with van der Waals surface area (Å²) >= 11 is 3.59. The molecule has 1 N–H and O–H groups in total. The molecule has 0 atom stereocenters. The number of rotatable bonds is 6. The maximum atomic E-state index is 11.6. The largest absolute Gasteiger partial charge is 0.381 e. The number of hydrogen-bond donors (Lipinski definition) is 1. The van der Waals surface area contributed by atoms with Gasteiger partial charge >= 0.3 is 0 Å². The average molecular weight is 285 g/mol. The molecule has 0 spiro atoms. The van der Waals surface area contributed by atoms with Crippen molar-refractivity contribution in [3.8, 4) is 0 Å². The van der Waals surface area contributed by atoms with Crippen LogP contribution in [0.5, 0.6) is 0 Å². The topological polar surface area (TPSA) is 38.3 Å². The van der Waals surface area contributed by atoms with Crippen LogP contribution in [0.3, 0.4) is 0 Å². The second-order valence-electron chi connectivity index (χ2n) is 4.34. The lowest BCUT2D eigenvalue weighted by Gasteiger charge is -2.21. The molecule has 0 unspecified atom stereocenters. The second kappa shape index (κ2) is 7.81. The van der Waals surface area contributed by atoms with E-state index in [2.05, 4.69) is 5.32 Å². The zero-order valence-electron chi connectivity index (χ0n) is 10.4. The normalized spacial score (nSPS) is 16.7. The van der Waals surface area contributed by atoms with Gasteiger partial charge in [0.25, 0.3) is 0 Å². The predicted octanol–water partition coefficient (Wildman–Crippen LogP) is 2.32. The van der Waals surface area contributed by atoms with Crippen molar-refractivity contribution < 1.29 is 9.53 Å². The minimum absolute atomic E-state index is 0.126. The molecule has 0 saturated carbocycles. The first-order valence-corrected chi connectivity index (χ1v) is 8.31. The highest BCUT2D eigenvalue weighted by Gasteiger charge is 2.13. The molecule has 1 aliphatic heterocycles. The zero-order chi connectivity index (χ0) is 12.6. The van der Waals surface area contributed by atoms with Gasteiger partial charge in [-0.3, -0.25) is 4.79 Å². The summed E-state index contributed by atoms with van der Waals surface area (Å²) < 4.78 is 5.32. The van der Waals surface area contributed by atoms with E-state index in [1.807, 2.05) is 28.6 Å². The van der Waals surface area contributed by atoms with Crippen LogP contribution in [-0.2, 0) is 16.0 Å². The second-order valence-corrected chi connectivity index (χ2v) is 6.53. The van der Waals surface area contributed by atoms with Gasteiger partial charge in [0, 0.05) is 30.8 Å². The van der Waals surface area contributed by atoms with Crippen molar-refractivity contribution in [1.82, 2.24) is 5.32 Å². The van der Waals surface area contributed by atoms with Gasteiger partial charge in [-0.2, -0.15) is 23.1 Å². The van der Waals surface area contributed by atoms with Crippen molar-refractivity contribution in [2.75, 3.05) is 25.5 Å². The third-order valence-electron chi connectivity index (χ3n) is 2.89. The zero-order valence-corrected chi connectivity index (χ0v) is 12.0. The van der Waals surface area contributed by atoms with Gasteiger partial charge in [0.1, 0.15) is 0 Å². The minimum atomic E-state index is 0.126. The first-order valence-electron chi connectivity index (χ1n) is 6.32. The van der Waals surface area contributed by atoms with Gasteiger partial charge < -0.3 is 10.1 Å². The summed E-state index contributed by atoms with van der Waals surface area (Å²) in [6.45, 7) is 2.55. The first kappa shape index (κ1) is 13.9. The van der Waals surface area contributed by atoms with Gasteiger partial charge in [0.05, 0.1) is 6.42 Å². The Morgan fingerprint density at radius 1 is 1.50 bits per heavy atom. The van der Waals surface area contributed by atoms with Gasteiger partial charge in [-0.05, 0) is 35.2 Å². The summed E-state index contributed by atoms with van der Waals surface area (Å²) in [5.74, 6) is 1.13. The molecule has 3 nitrogen and oxygen atoms in total. The standard InChI is InChI=1S/C13H19NO2S2/c15-13(9-11-3-7-17-10-11)14-4-8-18-12-1-5-16-6-2-12/h3,7,10,12H,1-2,4-6,8-9H2,(H,14,15). The third-order valence-corrected chi connectivity index (χ3v) is 5.01. The van der Waals surface area contributed by atoms with E-state index in [0.29, 0.717) is 11.7 Å². The Morgan fingerprint density at radius 3 is 3.06 bits per heavy atom. The molecule has 18 heavy (non-hydrogen) atoms. The van der Waals surface area contributed by atoms with Crippen LogP contribution in [0.1, 0.15) is 18.4 Å². The molecular weight excluding hydrogens is 266 g/mol. The molecule has 100 valence electrons. The van der Waals surface area contributed by atoms with Crippen LogP contribution in [0.15, 0.2) is 16.8 Å². The molecule has 1 saturated heterocycles. The van der Waals surface area contributed by atoms with Gasteiger partial charge in [0.15, 0.2) is 0 Å². The van der Waals surface area contributed by atoms with Crippen LogP contribution >= 0.6 is 23.1 Å². The Kier molecular flexibility index (Phi) is 6.04. The fourth-order valence-corrected chi connectivity index (χ4v) is 3.65. The van der Waals surface area contributed by atoms with Crippen LogP contribution in [0.2, 0.25) is 0 Å². The Bertz CT molecular complexity index is 348. The maximum Gasteiger partial charge on any atom is 0.224 e. The van der Waals surface area contributed by atoms with E-state index >= 15 is 0 Å². The SMILES string of the molecule is O=C(Cc1ccsc1)NCCSC1CCOCC1. The summed E-state index contributed by atoms with van der Waals surface area (Å²) in [5.41, 5.74) is 1.11. The lowest BCUT2D eigenvalue weighted by Crippen LogP contribution is -2.28. The fourth-order valence-electron chi connectivity index (χ4n) is 1.90. The molecule has 1 aliphatic rings. The summed E-state index contributed by atoms with van der Waals surface area (Å²) in [7, 11) is 0. The Balaban J connectivity index is 1.53. The number of thiophene rings is 1. The fraction of sp³-hybridized carbons (Fsp3) is 0.615. The molecule has 0 aliphatic carbocycles. The number of hydrogen-bond acceptors (Lipinski definition) is 4. The quantitative estimate of drug-likeness (QED) is 0.815. The molecule has 1 amide bonds. The molecule has 1 aromatic rings. The van der Waals surface area contributed by atoms with Crippen LogP contribution in [0, 0.1) is 0 Å². The van der Waals surface area contributed by atoms with Gasteiger partial charge in [-0.15, -0.1) is 0 Å². The van der Waals surface area contributed by atoms with Crippen LogP contribution in [0.25, 0.3) is 0 Å². The lowest BCUT2D eigenvalue weighted by molar-refractivity contribution is -0.120. The van der Waals surface area contributed by atoms with E-state index in [1.165, 1.54) is 0 Å². The number of thioether (sulfide) groups is 1. The molecule has 0 aromatic carbocycles. The number of ether oxygens (including phenoxy) is 1. The molecule has 0 radical (unpaired) electrons. The van der Waals surface area contributed by atoms with E-state index < -0.39 is 0 Å². The van der Waals surface area contributed by atoms with Crippen molar-refractivity contribution >= 4 is 29.0 Å². The lowest BCUT2D eigenvalue weighted by atomic mass is 10.2. The van der Waals surface area contributed by atoms with Crippen LogP contribution < -0.4 is 5.32 Å².